The van der Waals surface area contributed by atoms with Crippen LogP contribution in [0.15, 0.2) is 29.2 Å². The third kappa shape index (κ3) is 6.10. The number of nitrogens with one attached hydrogen (secondary N) is 1. The molecule has 1 aromatic rings. The molecule has 0 spiro atoms. The summed E-state index contributed by atoms with van der Waals surface area (Å²) in [5, 5.41) is 2.90. The van der Waals surface area contributed by atoms with Crippen LogP contribution in [0.2, 0.25) is 0 Å². The first-order valence-electron chi connectivity index (χ1n) is 7.78. The Labute approximate surface area is 136 Å². The van der Waals surface area contributed by atoms with Gasteiger partial charge >= 0.3 is 5.97 Å². The fourth-order valence-corrected chi connectivity index (χ4v) is 3.28. The van der Waals surface area contributed by atoms with Gasteiger partial charge < -0.3 is 10.1 Å². The van der Waals surface area contributed by atoms with Crippen molar-refractivity contribution in [1.82, 2.24) is 5.32 Å². The molecule has 22 heavy (non-hydrogen) atoms. The Kier molecular flexibility index (Phi) is 6.77. The van der Waals surface area contributed by atoms with Gasteiger partial charge in [0.2, 0.25) is 0 Å². The lowest BCUT2D eigenvalue weighted by Gasteiger charge is -2.11. The molecule has 0 atom stereocenters. The minimum absolute atomic E-state index is 0.162. The Bertz CT molecular complexity index is 495. The van der Waals surface area contributed by atoms with Crippen LogP contribution in [0, 0.1) is 6.92 Å². The highest BCUT2D eigenvalue weighted by Crippen LogP contribution is 2.19. The molecule has 0 bridgehead atoms. The normalized spacial score (nSPS) is 14.8. The zero-order valence-electron chi connectivity index (χ0n) is 13.0. The molecule has 0 heterocycles. The van der Waals surface area contributed by atoms with E-state index in [4.69, 9.17) is 4.74 Å². The van der Waals surface area contributed by atoms with Crippen molar-refractivity contribution >= 4 is 23.6 Å². The van der Waals surface area contributed by atoms with Gasteiger partial charge in [0.15, 0.2) is 6.61 Å². The van der Waals surface area contributed by atoms with Crippen molar-refractivity contribution in [2.45, 2.75) is 50.0 Å². The molecular weight excluding hydrogens is 298 g/mol. The number of hydrogen-bond donors (Lipinski definition) is 1. The molecule has 0 aromatic heterocycles. The maximum atomic E-state index is 11.6. The molecule has 1 saturated carbocycles. The summed E-state index contributed by atoms with van der Waals surface area (Å²) < 4.78 is 5.01. The van der Waals surface area contributed by atoms with Crippen molar-refractivity contribution in [2.24, 2.45) is 0 Å². The van der Waals surface area contributed by atoms with Gasteiger partial charge in [0.25, 0.3) is 5.91 Å². The fourth-order valence-electron chi connectivity index (χ4n) is 2.44. The molecule has 1 amide bonds. The average molecular weight is 321 g/mol. The Hall–Kier alpha value is -1.49. The van der Waals surface area contributed by atoms with E-state index in [0.717, 1.165) is 17.7 Å². The molecule has 5 heteroatoms. The number of rotatable bonds is 7. The summed E-state index contributed by atoms with van der Waals surface area (Å²) in [5.74, 6) is 0.152. The highest BCUT2D eigenvalue weighted by Gasteiger charge is 2.17. The highest BCUT2D eigenvalue weighted by molar-refractivity contribution is 7.99. The Balaban J connectivity index is 1.57. The largest absolute Gasteiger partial charge is 0.456 e. The van der Waals surface area contributed by atoms with Gasteiger partial charge in [0.05, 0.1) is 6.42 Å². The van der Waals surface area contributed by atoms with E-state index in [9.17, 15) is 9.59 Å². The molecular formula is C17H23NO3S. The number of carbonyl (C=O) groups is 2. The third-order valence-corrected chi connectivity index (χ3v) is 4.69. The van der Waals surface area contributed by atoms with Gasteiger partial charge in [-0.2, -0.15) is 0 Å². The molecule has 1 aromatic carbocycles. The quantitative estimate of drug-likeness (QED) is 0.619. The van der Waals surface area contributed by atoms with Crippen LogP contribution in [0.25, 0.3) is 0 Å². The first kappa shape index (κ1) is 16.9. The summed E-state index contributed by atoms with van der Waals surface area (Å²) in [6.07, 6.45) is 4.72. The number of thioether (sulfide) groups is 1. The van der Waals surface area contributed by atoms with E-state index in [1.165, 1.54) is 18.4 Å². The summed E-state index contributed by atoms with van der Waals surface area (Å²) in [7, 11) is 0. The molecule has 1 aliphatic carbocycles. The maximum Gasteiger partial charge on any atom is 0.307 e. The second kappa shape index (κ2) is 8.83. The zero-order chi connectivity index (χ0) is 15.8. The van der Waals surface area contributed by atoms with Crippen molar-refractivity contribution in [2.75, 3.05) is 12.4 Å². The van der Waals surface area contributed by atoms with Gasteiger partial charge in [-0.25, -0.2) is 0 Å². The molecule has 4 nitrogen and oxygen atoms in total. The van der Waals surface area contributed by atoms with Crippen molar-refractivity contribution in [3.05, 3.63) is 29.8 Å². The van der Waals surface area contributed by atoms with Crippen molar-refractivity contribution in [1.29, 1.82) is 0 Å². The van der Waals surface area contributed by atoms with E-state index >= 15 is 0 Å². The lowest BCUT2D eigenvalue weighted by atomic mass is 10.2. The van der Waals surface area contributed by atoms with Crippen LogP contribution in [0.5, 0.6) is 0 Å². The second-order valence-corrected chi connectivity index (χ2v) is 6.79. The topological polar surface area (TPSA) is 55.4 Å². The minimum atomic E-state index is -0.318. The van der Waals surface area contributed by atoms with Crippen molar-refractivity contribution < 1.29 is 14.3 Å². The molecule has 1 N–H and O–H groups in total. The van der Waals surface area contributed by atoms with Crippen LogP contribution in [0.1, 0.15) is 37.7 Å². The number of esters is 1. The van der Waals surface area contributed by atoms with Crippen molar-refractivity contribution in [3.8, 4) is 0 Å². The van der Waals surface area contributed by atoms with Crippen LogP contribution in [0.3, 0.4) is 0 Å². The van der Waals surface area contributed by atoms with E-state index < -0.39 is 0 Å². The number of hydrogen-bond acceptors (Lipinski definition) is 4. The van der Waals surface area contributed by atoms with E-state index in [0.29, 0.717) is 12.2 Å². The summed E-state index contributed by atoms with van der Waals surface area (Å²) >= 11 is 1.62. The molecule has 0 saturated heterocycles. The highest BCUT2D eigenvalue weighted by atomic mass is 32.2. The van der Waals surface area contributed by atoms with Crippen LogP contribution in [-0.4, -0.2) is 30.3 Å². The van der Waals surface area contributed by atoms with Crippen LogP contribution in [-0.2, 0) is 14.3 Å². The lowest BCUT2D eigenvalue weighted by molar-refractivity contribution is -0.148. The summed E-state index contributed by atoms with van der Waals surface area (Å²) in [6, 6.07) is 8.45. The van der Waals surface area contributed by atoms with E-state index in [2.05, 4.69) is 5.32 Å². The Morgan fingerprint density at radius 2 is 1.91 bits per heavy atom. The third-order valence-electron chi connectivity index (χ3n) is 3.68. The molecule has 1 aliphatic rings. The van der Waals surface area contributed by atoms with E-state index in [1.807, 2.05) is 31.2 Å². The number of carbonyl (C=O) groups excluding carboxylic acids is 2. The molecule has 120 valence electrons. The second-order valence-electron chi connectivity index (χ2n) is 5.62. The molecule has 1 fully saturated rings. The summed E-state index contributed by atoms with van der Waals surface area (Å²) in [6.45, 7) is 1.88. The first-order chi connectivity index (χ1) is 10.6. The van der Waals surface area contributed by atoms with Crippen LogP contribution < -0.4 is 5.32 Å². The number of amides is 1. The molecule has 0 unspecified atom stereocenters. The van der Waals surface area contributed by atoms with Gasteiger partial charge in [-0.05, 0) is 31.9 Å². The lowest BCUT2D eigenvalue weighted by Crippen LogP contribution is -2.35. The number of benzene rings is 1. The standard InChI is InChI=1S/C17H23NO3S/c1-13-6-8-15(9-7-13)22-11-10-17(20)21-12-16(19)18-14-4-2-3-5-14/h6-9,14H,2-5,10-12H2,1H3,(H,18,19). The van der Waals surface area contributed by atoms with Gasteiger partial charge in [-0.1, -0.05) is 30.5 Å². The molecule has 0 aliphatic heterocycles. The summed E-state index contributed by atoms with van der Waals surface area (Å²) in [5.41, 5.74) is 1.22. The van der Waals surface area contributed by atoms with Crippen molar-refractivity contribution in [3.63, 3.8) is 0 Å². The van der Waals surface area contributed by atoms with Crippen LogP contribution in [0.4, 0.5) is 0 Å². The predicted octanol–water partition coefficient (Wildman–Crippen LogP) is 3.08. The van der Waals surface area contributed by atoms with Gasteiger partial charge in [-0.15, -0.1) is 11.8 Å². The molecule has 2 rings (SSSR count). The van der Waals surface area contributed by atoms with Gasteiger partial charge in [0, 0.05) is 16.7 Å². The summed E-state index contributed by atoms with van der Waals surface area (Å²) in [4.78, 5) is 24.4. The SMILES string of the molecule is Cc1ccc(SCCC(=O)OCC(=O)NC2CCCC2)cc1. The van der Waals surface area contributed by atoms with Gasteiger partial charge in [-0.3, -0.25) is 9.59 Å². The fraction of sp³-hybridized carbons (Fsp3) is 0.529. The minimum Gasteiger partial charge on any atom is -0.456 e. The maximum absolute atomic E-state index is 11.6. The van der Waals surface area contributed by atoms with Gasteiger partial charge in [0.1, 0.15) is 0 Å². The van der Waals surface area contributed by atoms with Crippen LogP contribution >= 0.6 is 11.8 Å². The monoisotopic (exact) mass is 321 g/mol. The molecule has 0 radical (unpaired) electrons. The van der Waals surface area contributed by atoms with E-state index in [1.54, 1.807) is 11.8 Å². The first-order valence-corrected chi connectivity index (χ1v) is 8.76. The average Bonchev–Trinajstić information content (AvgIpc) is 3.00. The van der Waals surface area contributed by atoms with E-state index in [-0.39, 0.29) is 24.5 Å². The zero-order valence-corrected chi connectivity index (χ0v) is 13.8. The number of aryl methyl sites for hydroxylation is 1. The predicted molar refractivity (Wildman–Crippen MR) is 87.9 cm³/mol. The Morgan fingerprint density at radius 3 is 2.59 bits per heavy atom. The smallest absolute Gasteiger partial charge is 0.307 e. The Morgan fingerprint density at radius 1 is 1.23 bits per heavy atom. The number of ether oxygens (including phenoxy) is 1.